The first-order valence-corrected chi connectivity index (χ1v) is 11.3. The minimum atomic E-state index is -0.670. The molecule has 0 aliphatic carbocycles. The number of rotatable bonds is 7. The fourth-order valence-corrected chi connectivity index (χ4v) is 4.02. The van der Waals surface area contributed by atoms with Crippen molar-refractivity contribution in [3.05, 3.63) is 96.5 Å². The summed E-state index contributed by atoms with van der Waals surface area (Å²) in [6.45, 7) is -0.335. The number of benzene rings is 3. The molecule has 0 bridgehead atoms. The molecule has 1 aromatic heterocycles. The van der Waals surface area contributed by atoms with Crippen LogP contribution in [-0.4, -0.2) is 35.5 Å². The Hall–Kier alpha value is -4.00. The molecule has 9 nitrogen and oxygen atoms in total. The zero-order valence-electron chi connectivity index (χ0n) is 18.2. The summed E-state index contributed by atoms with van der Waals surface area (Å²) in [5.74, 6) is -0.309. The molecule has 0 aliphatic rings. The average Bonchev–Trinajstić information content (AvgIpc) is 2.83. The van der Waals surface area contributed by atoms with Crippen LogP contribution in [-0.2, 0) is 4.79 Å². The smallest absolute Gasteiger partial charge is 0.349 e. The third-order valence-corrected chi connectivity index (χ3v) is 5.62. The second-order valence-electron chi connectivity index (χ2n) is 7.22. The molecule has 0 saturated carbocycles. The minimum absolute atomic E-state index is 0.311. The van der Waals surface area contributed by atoms with E-state index in [0.29, 0.717) is 37.2 Å². The van der Waals surface area contributed by atoms with Gasteiger partial charge in [0.05, 0.1) is 27.8 Å². The van der Waals surface area contributed by atoms with Gasteiger partial charge in [-0.15, -0.1) is 4.68 Å². The molecular formula is C24H18FIN4O5. The van der Waals surface area contributed by atoms with Crippen LogP contribution in [0.4, 0.5) is 10.1 Å². The van der Waals surface area contributed by atoms with E-state index in [4.69, 9.17) is 9.47 Å². The van der Waals surface area contributed by atoms with Crippen LogP contribution in [0.25, 0.3) is 10.9 Å². The summed E-state index contributed by atoms with van der Waals surface area (Å²) in [5.41, 5.74) is 0.0449. The standard InChI is InChI=1S/C24H18FIN4O5/c1-34-20-10-14(12-27-30-23(32)17-7-2-3-8-19(17)29-24(30)33)9-18(26)22(20)35-13-21(31)28-16-6-4-5-15(25)11-16/h2-12H,13H2,1H3,(H,28,31)(H,29,33). The Morgan fingerprint density at radius 3 is 2.74 bits per heavy atom. The largest absolute Gasteiger partial charge is 0.493 e. The van der Waals surface area contributed by atoms with Gasteiger partial charge in [-0.3, -0.25) is 9.59 Å². The molecule has 0 atom stereocenters. The van der Waals surface area contributed by atoms with Gasteiger partial charge >= 0.3 is 5.69 Å². The van der Waals surface area contributed by atoms with Crippen LogP contribution in [0.3, 0.4) is 0 Å². The lowest BCUT2D eigenvalue weighted by Crippen LogP contribution is -2.32. The number of nitrogens with one attached hydrogen (secondary N) is 2. The van der Waals surface area contributed by atoms with Gasteiger partial charge in [0.25, 0.3) is 11.5 Å². The maximum Gasteiger partial charge on any atom is 0.349 e. The van der Waals surface area contributed by atoms with Crippen molar-refractivity contribution in [3.63, 3.8) is 0 Å². The van der Waals surface area contributed by atoms with E-state index in [9.17, 15) is 18.8 Å². The van der Waals surface area contributed by atoms with E-state index in [1.165, 1.54) is 31.5 Å². The number of anilines is 1. The Labute approximate surface area is 211 Å². The van der Waals surface area contributed by atoms with Gasteiger partial charge in [0.1, 0.15) is 5.82 Å². The lowest BCUT2D eigenvalue weighted by atomic mass is 10.2. The summed E-state index contributed by atoms with van der Waals surface area (Å²) >= 11 is 2.00. The maximum atomic E-state index is 13.3. The Morgan fingerprint density at radius 2 is 1.97 bits per heavy atom. The molecule has 11 heteroatoms. The van der Waals surface area contributed by atoms with E-state index >= 15 is 0 Å². The number of carbonyl (C=O) groups is 1. The quantitative estimate of drug-likeness (QED) is 0.254. The van der Waals surface area contributed by atoms with Crippen LogP contribution >= 0.6 is 22.6 Å². The molecule has 0 saturated heterocycles. The fourth-order valence-electron chi connectivity index (χ4n) is 3.24. The second-order valence-corrected chi connectivity index (χ2v) is 8.38. The van der Waals surface area contributed by atoms with E-state index < -0.39 is 23.0 Å². The number of halogens is 2. The molecule has 0 fully saturated rings. The number of nitrogens with zero attached hydrogens (tertiary/aromatic N) is 2. The number of hydrogen-bond donors (Lipinski definition) is 2. The number of ether oxygens (including phenoxy) is 2. The molecule has 0 aliphatic heterocycles. The second kappa shape index (κ2) is 10.5. The van der Waals surface area contributed by atoms with Crippen molar-refractivity contribution in [1.29, 1.82) is 0 Å². The SMILES string of the molecule is COc1cc(C=Nn2c(=O)[nH]c3ccccc3c2=O)cc(I)c1OCC(=O)Nc1cccc(F)c1. The van der Waals surface area contributed by atoms with Crippen molar-refractivity contribution in [2.75, 3.05) is 19.0 Å². The summed E-state index contributed by atoms with van der Waals surface area (Å²) in [7, 11) is 1.44. The van der Waals surface area contributed by atoms with Gasteiger partial charge in [-0.1, -0.05) is 18.2 Å². The molecule has 0 spiro atoms. The summed E-state index contributed by atoms with van der Waals surface area (Å²) in [5, 5.41) is 6.92. The Morgan fingerprint density at radius 1 is 1.17 bits per heavy atom. The summed E-state index contributed by atoms with van der Waals surface area (Å²) in [4.78, 5) is 39.8. The van der Waals surface area contributed by atoms with E-state index in [0.717, 1.165) is 4.68 Å². The average molecular weight is 588 g/mol. The number of carbonyl (C=O) groups excluding carboxylic acids is 1. The molecule has 3 aromatic carbocycles. The van der Waals surface area contributed by atoms with E-state index in [-0.39, 0.29) is 6.61 Å². The highest BCUT2D eigenvalue weighted by atomic mass is 127. The molecule has 178 valence electrons. The van der Waals surface area contributed by atoms with Gasteiger partial charge in [0.15, 0.2) is 18.1 Å². The van der Waals surface area contributed by atoms with Gasteiger partial charge in [-0.25, -0.2) is 9.18 Å². The highest BCUT2D eigenvalue weighted by molar-refractivity contribution is 14.1. The zero-order valence-corrected chi connectivity index (χ0v) is 20.4. The molecule has 0 radical (unpaired) electrons. The van der Waals surface area contributed by atoms with Gasteiger partial charge in [0, 0.05) is 5.69 Å². The fraction of sp³-hybridized carbons (Fsp3) is 0.0833. The molecule has 35 heavy (non-hydrogen) atoms. The maximum absolute atomic E-state index is 13.3. The number of hydrogen-bond acceptors (Lipinski definition) is 6. The topological polar surface area (TPSA) is 115 Å². The third kappa shape index (κ3) is 5.57. The summed E-state index contributed by atoms with van der Waals surface area (Å²) in [6, 6.07) is 15.4. The number of methoxy groups -OCH3 is 1. The molecule has 1 heterocycles. The Bertz CT molecular complexity index is 1560. The van der Waals surface area contributed by atoms with Crippen LogP contribution in [0.5, 0.6) is 11.5 Å². The lowest BCUT2D eigenvalue weighted by molar-refractivity contribution is -0.118. The highest BCUT2D eigenvalue weighted by Gasteiger charge is 2.14. The van der Waals surface area contributed by atoms with Crippen molar-refractivity contribution in [3.8, 4) is 11.5 Å². The van der Waals surface area contributed by atoms with E-state index in [1.807, 2.05) is 22.6 Å². The Kier molecular flexibility index (Phi) is 7.25. The van der Waals surface area contributed by atoms with Crippen molar-refractivity contribution in [2.24, 2.45) is 5.10 Å². The molecule has 2 N–H and O–H groups in total. The number of aromatic amines is 1. The number of para-hydroxylation sites is 1. The number of aromatic nitrogens is 2. The zero-order chi connectivity index (χ0) is 24.9. The normalized spacial score (nSPS) is 11.1. The highest BCUT2D eigenvalue weighted by Crippen LogP contribution is 2.33. The van der Waals surface area contributed by atoms with Crippen molar-refractivity contribution < 1.29 is 18.7 Å². The Balaban J connectivity index is 1.54. The van der Waals surface area contributed by atoms with Gasteiger partial charge in [-0.05, 0) is 70.6 Å². The molecule has 4 rings (SSSR count). The first-order chi connectivity index (χ1) is 16.9. The van der Waals surface area contributed by atoms with Crippen LogP contribution in [0.15, 0.2) is 75.4 Å². The first-order valence-electron chi connectivity index (χ1n) is 10.2. The monoisotopic (exact) mass is 588 g/mol. The van der Waals surface area contributed by atoms with E-state index in [1.54, 1.807) is 42.5 Å². The van der Waals surface area contributed by atoms with Crippen LogP contribution in [0.1, 0.15) is 5.56 Å². The molecule has 0 unspecified atom stereocenters. The van der Waals surface area contributed by atoms with Crippen molar-refractivity contribution >= 4 is 51.3 Å². The predicted octanol–water partition coefficient (Wildman–Crippen LogP) is 3.34. The predicted molar refractivity (Wildman–Crippen MR) is 138 cm³/mol. The number of H-pyrrole nitrogens is 1. The summed E-state index contributed by atoms with van der Waals surface area (Å²) in [6.07, 6.45) is 1.34. The molecular weight excluding hydrogens is 570 g/mol. The van der Waals surface area contributed by atoms with Crippen molar-refractivity contribution in [2.45, 2.75) is 0 Å². The van der Waals surface area contributed by atoms with Crippen molar-refractivity contribution in [1.82, 2.24) is 9.66 Å². The number of fused-ring (bicyclic) bond motifs is 1. The van der Waals surface area contributed by atoms with Crippen LogP contribution in [0, 0.1) is 9.39 Å². The molecule has 1 amide bonds. The minimum Gasteiger partial charge on any atom is -0.493 e. The first kappa shape index (κ1) is 24.1. The third-order valence-electron chi connectivity index (χ3n) is 4.81. The summed E-state index contributed by atoms with van der Waals surface area (Å²) < 4.78 is 25.6. The van der Waals surface area contributed by atoms with Crippen LogP contribution in [0.2, 0.25) is 0 Å². The van der Waals surface area contributed by atoms with Gasteiger partial charge in [0.2, 0.25) is 0 Å². The van der Waals surface area contributed by atoms with Gasteiger partial charge < -0.3 is 19.8 Å². The van der Waals surface area contributed by atoms with E-state index in [2.05, 4.69) is 15.4 Å². The number of amides is 1. The van der Waals surface area contributed by atoms with Gasteiger partial charge in [-0.2, -0.15) is 5.10 Å². The van der Waals surface area contributed by atoms with Crippen LogP contribution < -0.4 is 26.0 Å². The lowest BCUT2D eigenvalue weighted by Gasteiger charge is -2.13. The molecule has 4 aromatic rings.